The van der Waals surface area contributed by atoms with Crippen LogP contribution >= 0.6 is 23.2 Å². The third-order valence-corrected chi connectivity index (χ3v) is 6.12. The molecule has 184 valence electrons. The van der Waals surface area contributed by atoms with Gasteiger partial charge in [0.05, 0.1) is 22.2 Å². The van der Waals surface area contributed by atoms with Gasteiger partial charge in [0, 0.05) is 24.5 Å². The number of alkyl halides is 2. The molecule has 4 rings (SSSR count). The summed E-state index contributed by atoms with van der Waals surface area (Å²) in [6, 6.07) is 10.7. The van der Waals surface area contributed by atoms with Gasteiger partial charge in [0.2, 0.25) is 0 Å². The average molecular weight is 523 g/mol. The Balaban J connectivity index is 1.67. The molecule has 35 heavy (non-hydrogen) atoms. The Hall–Kier alpha value is -3.10. The van der Waals surface area contributed by atoms with Crippen molar-refractivity contribution in [1.29, 1.82) is 0 Å². The summed E-state index contributed by atoms with van der Waals surface area (Å²) in [4.78, 5) is 16.9. The predicted molar refractivity (Wildman–Crippen MR) is 128 cm³/mol. The fraction of sp³-hybridized carbons (Fsp3) is 0.280. The van der Waals surface area contributed by atoms with Crippen LogP contribution in [-0.4, -0.2) is 24.2 Å². The van der Waals surface area contributed by atoms with Crippen molar-refractivity contribution in [3.8, 4) is 11.5 Å². The van der Waals surface area contributed by atoms with Crippen LogP contribution in [-0.2, 0) is 11.2 Å². The number of anilines is 1. The first-order valence-electron chi connectivity index (χ1n) is 10.9. The summed E-state index contributed by atoms with van der Waals surface area (Å²) in [7, 11) is 0. The molecular formula is C25H22Cl2F2N2O4. The minimum Gasteiger partial charge on any atom is -0.489 e. The SMILES string of the molecule is Nc1ccc(C(=O)O[C@@H](Cc2c(Cl)cncc2Cl)c2ccc(OC(F)F)c(OCC3CC3)c2)cc1. The lowest BCUT2D eigenvalue weighted by molar-refractivity contribution is -0.0515. The van der Waals surface area contributed by atoms with Crippen LogP contribution in [0.3, 0.4) is 0 Å². The molecule has 2 N–H and O–H groups in total. The highest BCUT2D eigenvalue weighted by atomic mass is 35.5. The summed E-state index contributed by atoms with van der Waals surface area (Å²) in [5, 5.41) is 0.600. The van der Waals surface area contributed by atoms with Crippen molar-refractivity contribution in [2.75, 3.05) is 12.3 Å². The van der Waals surface area contributed by atoms with Crippen LogP contribution < -0.4 is 15.2 Å². The first-order chi connectivity index (χ1) is 16.8. The van der Waals surface area contributed by atoms with Gasteiger partial charge < -0.3 is 19.9 Å². The second kappa shape index (κ2) is 11.1. The van der Waals surface area contributed by atoms with Gasteiger partial charge in [0.25, 0.3) is 0 Å². The van der Waals surface area contributed by atoms with E-state index in [0.29, 0.717) is 44.9 Å². The van der Waals surface area contributed by atoms with Gasteiger partial charge >= 0.3 is 12.6 Å². The van der Waals surface area contributed by atoms with Crippen molar-refractivity contribution in [3.63, 3.8) is 0 Å². The summed E-state index contributed by atoms with van der Waals surface area (Å²) < 4.78 is 42.1. The van der Waals surface area contributed by atoms with Gasteiger partial charge in [-0.05, 0) is 66.3 Å². The number of hydrogen-bond acceptors (Lipinski definition) is 6. The van der Waals surface area contributed by atoms with Crippen LogP contribution in [0.2, 0.25) is 10.0 Å². The van der Waals surface area contributed by atoms with Gasteiger partial charge in [-0.25, -0.2) is 4.79 Å². The predicted octanol–water partition coefficient (Wildman–Crippen LogP) is 6.50. The van der Waals surface area contributed by atoms with Crippen molar-refractivity contribution in [3.05, 3.63) is 81.6 Å². The lowest BCUT2D eigenvalue weighted by Gasteiger charge is -2.21. The minimum absolute atomic E-state index is 0.104. The van der Waals surface area contributed by atoms with Crippen LogP contribution in [0.4, 0.5) is 14.5 Å². The Labute approximate surface area is 210 Å². The van der Waals surface area contributed by atoms with Crippen molar-refractivity contribution < 1.29 is 27.8 Å². The maximum absolute atomic E-state index is 12.9. The number of carbonyl (C=O) groups is 1. The van der Waals surface area contributed by atoms with Gasteiger partial charge in [-0.1, -0.05) is 29.3 Å². The lowest BCUT2D eigenvalue weighted by atomic mass is 10.0. The molecule has 0 amide bonds. The normalized spacial score (nSPS) is 14.0. The fourth-order valence-electron chi connectivity index (χ4n) is 3.39. The second-order valence-electron chi connectivity index (χ2n) is 8.14. The molecule has 2 aromatic carbocycles. The quantitative estimate of drug-likeness (QED) is 0.241. The van der Waals surface area contributed by atoms with Crippen molar-refractivity contribution in [2.45, 2.75) is 32.0 Å². The molecule has 1 saturated carbocycles. The largest absolute Gasteiger partial charge is 0.489 e. The van der Waals surface area contributed by atoms with E-state index >= 15 is 0 Å². The van der Waals surface area contributed by atoms with Crippen molar-refractivity contribution >= 4 is 34.9 Å². The van der Waals surface area contributed by atoms with Crippen LogP contribution in [0.5, 0.6) is 11.5 Å². The zero-order chi connectivity index (χ0) is 24.9. The molecule has 0 bridgehead atoms. The summed E-state index contributed by atoms with van der Waals surface area (Å²) in [6.45, 7) is -2.64. The molecule has 0 unspecified atom stereocenters. The maximum atomic E-state index is 12.9. The molecular weight excluding hydrogens is 501 g/mol. The molecule has 6 nitrogen and oxygen atoms in total. The van der Waals surface area contributed by atoms with Crippen LogP contribution in [0.15, 0.2) is 54.9 Å². The Morgan fingerprint density at radius 3 is 2.37 bits per heavy atom. The van der Waals surface area contributed by atoms with E-state index in [4.69, 9.17) is 38.4 Å². The Kier molecular flexibility index (Phi) is 7.93. The Morgan fingerprint density at radius 1 is 1.06 bits per heavy atom. The summed E-state index contributed by atoms with van der Waals surface area (Å²) in [6.07, 6.45) is 4.15. The number of nitrogens with zero attached hydrogens (tertiary/aromatic N) is 1. The van der Waals surface area contributed by atoms with Crippen molar-refractivity contribution in [1.82, 2.24) is 4.98 Å². The first kappa shape index (κ1) is 25.0. The Bertz CT molecular complexity index is 1170. The zero-order valence-corrected chi connectivity index (χ0v) is 19.9. The molecule has 1 atom stereocenters. The molecule has 1 aromatic heterocycles. The molecule has 1 fully saturated rings. The number of carbonyl (C=O) groups excluding carboxylic acids is 1. The number of rotatable bonds is 10. The number of nitrogen functional groups attached to an aromatic ring is 1. The molecule has 1 aliphatic carbocycles. The number of hydrogen-bond donors (Lipinski definition) is 1. The number of esters is 1. The lowest BCUT2D eigenvalue weighted by Crippen LogP contribution is -2.15. The second-order valence-corrected chi connectivity index (χ2v) is 8.96. The monoisotopic (exact) mass is 522 g/mol. The molecule has 0 spiro atoms. The number of aromatic nitrogens is 1. The number of nitrogens with two attached hydrogens (primary N) is 1. The van der Waals surface area contributed by atoms with Gasteiger partial charge in [0.1, 0.15) is 6.10 Å². The van der Waals surface area contributed by atoms with Crippen molar-refractivity contribution in [2.24, 2.45) is 5.92 Å². The van der Waals surface area contributed by atoms with E-state index < -0.39 is 18.7 Å². The topological polar surface area (TPSA) is 83.7 Å². The summed E-state index contributed by atoms with van der Waals surface area (Å²) >= 11 is 12.6. The third-order valence-electron chi connectivity index (χ3n) is 5.46. The van der Waals surface area contributed by atoms with Crippen LogP contribution in [0.25, 0.3) is 0 Å². The van der Waals surface area contributed by atoms with Gasteiger partial charge in [-0.15, -0.1) is 0 Å². The van der Waals surface area contributed by atoms with Gasteiger partial charge in [-0.3, -0.25) is 4.98 Å². The van der Waals surface area contributed by atoms with E-state index in [1.54, 1.807) is 24.3 Å². The van der Waals surface area contributed by atoms with E-state index in [2.05, 4.69) is 9.72 Å². The van der Waals surface area contributed by atoms with Gasteiger partial charge in [-0.2, -0.15) is 8.78 Å². The standard InChI is InChI=1S/C25H22Cl2F2N2O4/c26-19-11-31-12-20(27)18(19)10-22(34-24(32)15-3-6-17(30)7-4-15)16-5-8-21(35-25(28)29)23(9-16)33-13-14-1-2-14/h3-9,11-12,14,22,25H,1-2,10,13,30H2/t22-/m0/s1. The summed E-state index contributed by atoms with van der Waals surface area (Å²) in [5.74, 6) is -0.195. The van der Waals surface area contributed by atoms with E-state index in [9.17, 15) is 13.6 Å². The number of pyridine rings is 1. The molecule has 10 heteroatoms. The third kappa shape index (κ3) is 6.74. The molecule has 0 aliphatic heterocycles. The van der Waals surface area contributed by atoms with Crippen LogP contribution in [0.1, 0.15) is 40.4 Å². The number of benzene rings is 2. The van der Waals surface area contributed by atoms with E-state index in [0.717, 1.165) is 12.8 Å². The smallest absolute Gasteiger partial charge is 0.387 e. The highest BCUT2D eigenvalue weighted by Crippen LogP contribution is 2.38. The number of halogens is 4. The minimum atomic E-state index is -3.02. The molecule has 1 aliphatic rings. The fourth-order valence-corrected chi connectivity index (χ4v) is 3.90. The average Bonchev–Trinajstić information content (AvgIpc) is 3.65. The van der Waals surface area contributed by atoms with E-state index in [1.165, 1.54) is 30.6 Å². The molecule has 0 saturated heterocycles. The first-order valence-corrected chi connectivity index (χ1v) is 11.6. The molecule has 0 radical (unpaired) electrons. The Morgan fingerprint density at radius 2 is 1.74 bits per heavy atom. The highest BCUT2D eigenvalue weighted by Gasteiger charge is 2.26. The molecule has 1 heterocycles. The highest BCUT2D eigenvalue weighted by molar-refractivity contribution is 6.35. The molecule has 3 aromatic rings. The maximum Gasteiger partial charge on any atom is 0.387 e. The number of ether oxygens (including phenoxy) is 3. The van der Waals surface area contributed by atoms with Gasteiger partial charge in [0.15, 0.2) is 11.5 Å². The van der Waals surface area contributed by atoms with E-state index in [-0.39, 0.29) is 17.9 Å². The van der Waals surface area contributed by atoms with Crippen LogP contribution in [0, 0.1) is 5.92 Å². The summed E-state index contributed by atoms with van der Waals surface area (Å²) in [5.41, 5.74) is 7.51. The zero-order valence-electron chi connectivity index (χ0n) is 18.4. The van der Waals surface area contributed by atoms with E-state index in [1.807, 2.05) is 0 Å².